The second-order valence-corrected chi connectivity index (χ2v) is 8.25. The smallest absolute Gasteiger partial charge is 0.224 e. The third kappa shape index (κ3) is 4.05. The molecule has 2 unspecified atom stereocenters. The normalized spacial score (nSPS) is 20.9. The van der Waals surface area contributed by atoms with Gasteiger partial charge in [0.05, 0.1) is 6.04 Å². The van der Waals surface area contributed by atoms with Gasteiger partial charge in [-0.1, -0.05) is 41.9 Å². The van der Waals surface area contributed by atoms with Gasteiger partial charge < -0.3 is 10.6 Å². The van der Waals surface area contributed by atoms with Gasteiger partial charge in [0.1, 0.15) is 5.82 Å². The molecular weight excluding hydrogens is 398 g/mol. The van der Waals surface area contributed by atoms with Crippen LogP contribution in [0.15, 0.2) is 42.5 Å². The number of amides is 1. The molecule has 3 nitrogen and oxygen atoms in total. The van der Waals surface area contributed by atoms with E-state index in [2.05, 4.69) is 10.6 Å². The Hall–Kier alpha value is -1.62. The molecular formula is C22H25Cl2FN2O. The van der Waals surface area contributed by atoms with Crippen LogP contribution in [0.25, 0.3) is 0 Å². The Morgan fingerprint density at radius 3 is 2.64 bits per heavy atom. The van der Waals surface area contributed by atoms with Crippen molar-refractivity contribution in [2.45, 2.75) is 32.2 Å². The molecule has 1 amide bonds. The molecule has 0 bridgehead atoms. The van der Waals surface area contributed by atoms with E-state index in [1.165, 1.54) is 6.07 Å². The van der Waals surface area contributed by atoms with Crippen molar-refractivity contribution in [2.75, 3.05) is 13.1 Å². The van der Waals surface area contributed by atoms with E-state index in [4.69, 9.17) is 11.6 Å². The van der Waals surface area contributed by atoms with E-state index in [9.17, 15) is 9.18 Å². The van der Waals surface area contributed by atoms with Gasteiger partial charge in [-0.2, -0.15) is 0 Å². The summed E-state index contributed by atoms with van der Waals surface area (Å²) < 4.78 is 13.8. The first-order chi connectivity index (χ1) is 13.0. The van der Waals surface area contributed by atoms with E-state index in [0.717, 1.165) is 43.5 Å². The zero-order chi connectivity index (χ0) is 19.0. The SMILES string of the molecule is Cc1cc(C(NC(=O)C2CC23CCNCC3)c2ccccc2Cl)ccc1F.Cl. The van der Waals surface area contributed by atoms with Crippen LogP contribution in [0.1, 0.15) is 42.0 Å². The Morgan fingerprint density at radius 2 is 1.96 bits per heavy atom. The summed E-state index contributed by atoms with van der Waals surface area (Å²) in [6.07, 6.45) is 3.06. The topological polar surface area (TPSA) is 41.1 Å². The van der Waals surface area contributed by atoms with Crippen LogP contribution in [0.5, 0.6) is 0 Å². The van der Waals surface area contributed by atoms with E-state index < -0.39 is 0 Å². The minimum atomic E-state index is -0.384. The third-order valence-corrected chi connectivity index (χ3v) is 6.47. The molecule has 2 fully saturated rings. The van der Waals surface area contributed by atoms with Crippen LogP contribution in [-0.2, 0) is 4.79 Å². The van der Waals surface area contributed by atoms with Crippen LogP contribution in [0, 0.1) is 24.1 Å². The summed E-state index contributed by atoms with van der Waals surface area (Å²) in [4.78, 5) is 13.1. The van der Waals surface area contributed by atoms with Gasteiger partial charge in [0.25, 0.3) is 0 Å². The molecule has 2 aromatic carbocycles. The summed E-state index contributed by atoms with van der Waals surface area (Å²) in [6.45, 7) is 3.69. The second-order valence-electron chi connectivity index (χ2n) is 7.84. The van der Waals surface area contributed by atoms with Gasteiger partial charge in [-0.3, -0.25) is 4.79 Å². The lowest BCUT2D eigenvalue weighted by atomic mass is 9.91. The second kappa shape index (κ2) is 8.40. The van der Waals surface area contributed by atoms with Crippen LogP contribution >= 0.6 is 24.0 Å². The van der Waals surface area contributed by atoms with Gasteiger partial charge in [-0.25, -0.2) is 4.39 Å². The Labute approximate surface area is 176 Å². The maximum atomic E-state index is 13.8. The quantitative estimate of drug-likeness (QED) is 0.742. The molecule has 1 heterocycles. The number of piperidine rings is 1. The van der Waals surface area contributed by atoms with Gasteiger partial charge in [-0.15, -0.1) is 12.4 Å². The zero-order valence-corrected chi connectivity index (χ0v) is 17.4. The maximum Gasteiger partial charge on any atom is 0.224 e. The molecule has 0 radical (unpaired) electrons. The van der Waals surface area contributed by atoms with Crippen LogP contribution in [0.3, 0.4) is 0 Å². The lowest BCUT2D eigenvalue weighted by Crippen LogP contribution is -2.35. The number of hydrogen-bond acceptors (Lipinski definition) is 2. The highest BCUT2D eigenvalue weighted by molar-refractivity contribution is 6.31. The molecule has 150 valence electrons. The Balaban J connectivity index is 0.00000225. The first-order valence-electron chi connectivity index (χ1n) is 9.52. The summed E-state index contributed by atoms with van der Waals surface area (Å²) >= 11 is 6.43. The summed E-state index contributed by atoms with van der Waals surface area (Å²) in [6, 6.07) is 12.1. The van der Waals surface area contributed by atoms with Gasteiger partial charge in [0.2, 0.25) is 5.91 Å². The highest BCUT2D eigenvalue weighted by Gasteiger charge is 2.57. The molecule has 1 spiro atoms. The van der Waals surface area contributed by atoms with E-state index in [-0.39, 0.29) is 41.5 Å². The molecule has 0 aromatic heterocycles. The molecule has 1 aliphatic carbocycles. The van der Waals surface area contributed by atoms with E-state index in [1.807, 2.05) is 24.3 Å². The standard InChI is InChI=1S/C22H24ClFN2O.ClH/c1-14-12-15(6-7-19(14)24)20(16-4-2-3-5-18(16)23)26-21(27)17-13-22(17)8-10-25-11-9-22;/h2-7,12,17,20,25H,8-11,13H2,1H3,(H,26,27);1H. The van der Waals surface area contributed by atoms with Crippen molar-refractivity contribution in [3.05, 3.63) is 70.0 Å². The number of aryl methyl sites for hydroxylation is 1. The lowest BCUT2D eigenvalue weighted by Gasteiger charge is -2.25. The monoisotopic (exact) mass is 422 g/mol. The first-order valence-corrected chi connectivity index (χ1v) is 9.89. The number of halogens is 3. The predicted molar refractivity (Wildman–Crippen MR) is 112 cm³/mol. The molecule has 4 rings (SSSR count). The average molecular weight is 423 g/mol. The Bertz CT molecular complexity index is 867. The molecule has 2 N–H and O–H groups in total. The number of carbonyl (C=O) groups is 1. The van der Waals surface area contributed by atoms with Gasteiger partial charge >= 0.3 is 0 Å². The number of carbonyl (C=O) groups excluding carboxylic acids is 1. The van der Waals surface area contributed by atoms with Crippen molar-refractivity contribution in [3.8, 4) is 0 Å². The Morgan fingerprint density at radius 1 is 1.25 bits per heavy atom. The average Bonchev–Trinajstić information content (AvgIpc) is 3.36. The van der Waals surface area contributed by atoms with Crippen LogP contribution in [0.2, 0.25) is 5.02 Å². The minimum absolute atomic E-state index is 0. The third-order valence-electron chi connectivity index (χ3n) is 6.12. The minimum Gasteiger partial charge on any atom is -0.345 e. The van der Waals surface area contributed by atoms with Crippen molar-refractivity contribution in [3.63, 3.8) is 0 Å². The van der Waals surface area contributed by atoms with E-state index >= 15 is 0 Å². The van der Waals surface area contributed by atoms with Crippen LogP contribution < -0.4 is 10.6 Å². The summed E-state index contributed by atoms with van der Waals surface area (Å²) in [7, 11) is 0. The molecule has 1 saturated heterocycles. The number of benzene rings is 2. The molecule has 2 atom stereocenters. The molecule has 6 heteroatoms. The van der Waals surface area contributed by atoms with Crippen molar-refractivity contribution < 1.29 is 9.18 Å². The van der Waals surface area contributed by atoms with Crippen LogP contribution in [-0.4, -0.2) is 19.0 Å². The van der Waals surface area contributed by atoms with Gasteiger partial charge in [-0.05, 0) is 73.5 Å². The highest BCUT2D eigenvalue weighted by Crippen LogP contribution is 2.58. The molecule has 2 aromatic rings. The van der Waals surface area contributed by atoms with E-state index in [0.29, 0.717) is 10.6 Å². The first kappa shape index (κ1) is 21.1. The molecule has 1 saturated carbocycles. The molecule has 1 aliphatic heterocycles. The highest BCUT2D eigenvalue weighted by atomic mass is 35.5. The zero-order valence-electron chi connectivity index (χ0n) is 15.8. The van der Waals surface area contributed by atoms with Crippen molar-refractivity contribution in [1.82, 2.24) is 10.6 Å². The molecule has 2 aliphatic rings. The number of hydrogen-bond donors (Lipinski definition) is 2. The largest absolute Gasteiger partial charge is 0.345 e. The van der Waals surface area contributed by atoms with Crippen molar-refractivity contribution >= 4 is 29.9 Å². The lowest BCUT2D eigenvalue weighted by molar-refractivity contribution is -0.123. The van der Waals surface area contributed by atoms with Crippen molar-refractivity contribution in [2.24, 2.45) is 11.3 Å². The fourth-order valence-electron chi connectivity index (χ4n) is 4.34. The summed E-state index contributed by atoms with van der Waals surface area (Å²) in [5.74, 6) is -0.117. The fraction of sp³-hybridized carbons (Fsp3) is 0.409. The van der Waals surface area contributed by atoms with Crippen molar-refractivity contribution in [1.29, 1.82) is 0 Å². The summed E-state index contributed by atoms with van der Waals surface area (Å²) in [5.41, 5.74) is 2.40. The summed E-state index contributed by atoms with van der Waals surface area (Å²) in [5, 5.41) is 7.17. The van der Waals surface area contributed by atoms with Gasteiger partial charge in [0, 0.05) is 10.9 Å². The fourth-order valence-corrected chi connectivity index (χ4v) is 4.58. The molecule has 28 heavy (non-hydrogen) atoms. The van der Waals surface area contributed by atoms with Crippen LogP contribution in [0.4, 0.5) is 4.39 Å². The van der Waals surface area contributed by atoms with E-state index in [1.54, 1.807) is 19.1 Å². The predicted octanol–water partition coefficient (Wildman–Crippen LogP) is 4.80. The number of nitrogens with one attached hydrogen (secondary N) is 2. The number of rotatable bonds is 4. The Kier molecular flexibility index (Phi) is 6.33. The maximum absolute atomic E-state index is 13.8. The van der Waals surface area contributed by atoms with Gasteiger partial charge in [0.15, 0.2) is 0 Å².